The van der Waals surface area contributed by atoms with Gasteiger partial charge in [0, 0.05) is 29.4 Å². The summed E-state index contributed by atoms with van der Waals surface area (Å²) in [5.41, 5.74) is 2.08. The number of nitriles is 1. The minimum Gasteiger partial charge on any atom is -0.304 e. The van der Waals surface area contributed by atoms with Crippen molar-refractivity contribution in [1.29, 1.82) is 5.26 Å². The topological polar surface area (TPSA) is 65.8 Å². The fourth-order valence-corrected chi connectivity index (χ4v) is 5.08. The minimum absolute atomic E-state index is 0.0261. The van der Waals surface area contributed by atoms with Crippen LogP contribution >= 0.6 is 0 Å². The second-order valence-electron chi connectivity index (χ2n) is 8.31. The van der Waals surface area contributed by atoms with E-state index in [4.69, 9.17) is 0 Å². The molecule has 2 aromatic carbocycles. The van der Waals surface area contributed by atoms with Crippen LogP contribution in [0.25, 0.3) is 21.7 Å². The van der Waals surface area contributed by atoms with Crippen LogP contribution in [0.2, 0.25) is 0 Å². The Morgan fingerprint density at radius 2 is 2.11 bits per heavy atom. The third-order valence-corrected chi connectivity index (χ3v) is 6.47. The van der Waals surface area contributed by atoms with Crippen molar-refractivity contribution in [2.24, 2.45) is 11.8 Å². The zero-order valence-electron chi connectivity index (χ0n) is 15.8. The molecular formula is C24H23N3O. The van der Waals surface area contributed by atoms with Crippen LogP contribution in [-0.2, 0) is 11.2 Å². The van der Waals surface area contributed by atoms with Crippen molar-refractivity contribution in [3.8, 4) is 6.07 Å². The van der Waals surface area contributed by atoms with Crippen molar-refractivity contribution in [3.05, 3.63) is 54.2 Å². The van der Waals surface area contributed by atoms with Gasteiger partial charge >= 0.3 is 0 Å². The van der Waals surface area contributed by atoms with Gasteiger partial charge in [-0.25, -0.2) is 0 Å². The Morgan fingerprint density at radius 1 is 1.21 bits per heavy atom. The molecule has 28 heavy (non-hydrogen) atoms. The van der Waals surface area contributed by atoms with Crippen molar-refractivity contribution in [2.45, 2.75) is 44.2 Å². The molecule has 5 rings (SSSR count). The van der Waals surface area contributed by atoms with E-state index in [1.54, 1.807) is 0 Å². The van der Waals surface area contributed by atoms with E-state index in [0.717, 1.165) is 34.7 Å². The third kappa shape index (κ3) is 3.06. The highest BCUT2D eigenvalue weighted by Gasteiger charge is 2.42. The van der Waals surface area contributed by atoms with Crippen molar-refractivity contribution in [1.82, 2.24) is 10.3 Å². The van der Waals surface area contributed by atoms with Crippen LogP contribution in [0.5, 0.6) is 0 Å². The first-order valence-corrected chi connectivity index (χ1v) is 10.2. The van der Waals surface area contributed by atoms with Gasteiger partial charge in [-0.3, -0.25) is 9.78 Å². The van der Waals surface area contributed by atoms with Gasteiger partial charge in [-0.2, -0.15) is 5.26 Å². The quantitative estimate of drug-likeness (QED) is 0.686. The van der Waals surface area contributed by atoms with Gasteiger partial charge in [0.2, 0.25) is 0 Å². The summed E-state index contributed by atoms with van der Waals surface area (Å²) in [5, 5.41) is 16.5. The number of pyridine rings is 1. The number of Topliss-reactive ketones (excluding diaryl/α,β-unsaturated/α-hetero) is 1. The fourth-order valence-electron chi connectivity index (χ4n) is 5.08. The van der Waals surface area contributed by atoms with Gasteiger partial charge in [-0.05, 0) is 54.7 Å². The van der Waals surface area contributed by atoms with E-state index in [-0.39, 0.29) is 17.7 Å². The summed E-state index contributed by atoms with van der Waals surface area (Å²) < 4.78 is 0. The summed E-state index contributed by atoms with van der Waals surface area (Å²) in [7, 11) is 0. The number of aromatic nitrogens is 1. The molecule has 2 bridgehead atoms. The lowest BCUT2D eigenvalue weighted by molar-refractivity contribution is -0.122. The highest BCUT2D eigenvalue weighted by atomic mass is 16.1. The number of ketones is 1. The van der Waals surface area contributed by atoms with Gasteiger partial charge in [0.1, 0.15) is 0 Å². The van der Waals surface area contributed by atoms with Crippen LogP contribution in [0.15, 0.2) is 48.7 Å². The van der Waals surface area contributed by atoms with E-state index in [2.05, 4.69) is 40.6 Å². The molecule has 1 aliphatic carbocycles. The Morgan fingerprint density at radius 3 is 2.89 bits per heavy atom. The lowest BCUT2D eigenvalue weighted by atomic mass is 9.88. The molecule has 2 fully saturated rings. The molecule has 0 spiro atoms. The van der Waals surface area contributed by atoms with Crippen LogP contribution in [0.3, 0.4) is 0 Å². The standard InChI is InChI=1S/C24H23N3O/c25-13-16(11-23(28)24-17-6-7-19(12-17)27-24)9-15-5-8-20-18(10-15)14-26-22-4-2-1-3-21(20)22/h1-5,8,10,14,16-17,19,24,27H,6-7,9,11-12H2/t16?,17-,19+,24-/m0/s1. The maximum absolute atomic E-state index is 12.7. The summed E-state index contributed by atoms with van der Waals surface area (Å²) in [6, 6.07) is 17.3. The third-order valence-electron chi connectivity index (χ3n) is 6.47. The molecule has 0 radical (unpaired) electrons. The van der Waals surface area contributed by atoms with Gasteiger partial charge in [-0.15, -0.1) is 0 Å². The first kappa shape index (κ1) is 17.3. The summed E-state index contributed by atoms with van der Waals surface area (Å²) in [6.45, 7) is 0. The number of nitrogens with zero attached hydrogens (tertiary/aromatic N) is 2. The summed E-state index contributed by atoms with van der Waals surface area (Å²) in [5.74, 6) is 0.420. The molecule has 140 valence electrons. The lowest BCUT2D eigenvalue weighted by Crippen LogP contribution is -2.42. The van der Waals surface area contributed by atoms with Gasteiger partial charge in [-0.1, -0.05) is 30.3 Å². The van der Waals surface area contributed by atoms with E-state index in [0.29, 0.717) is 24.8 Å². The van der Waals surface area contributed by atoms with E-state index >= 15 is 0 Å². The molecule has 1 saturated heterocycles. The number of benzene rings is 2. The summed E-state index contributed by atoms with van der Waals surface area (Å²) >= 11 is 0. The number of carbonyl (C=O) groups excluding carboxylic acids is 1. The minimum atomic E-state index is -0.278. The van der Waals surface area contributed by atoms with Gasteiger partial charge in [0.05, 0.1) is 23.5 Å². The van der Waals surface area contributed by atoms with Crippen molar-refractivity contribution < 1.29 is 4.79 Å². The Bertz CT molecular complexity index is 1100. The smallest absolute Gasteiger partial charge is 0.151 e. The molecule has 1 aliphatic heterocycles. The molecule has 1 unspecified atom stereocenters. The number of para-hydroxylation sites is 1. The molecule has 4 atom stereocenters. The van der Waals surface area contributed by atoms with E-state index < -0.39 is 0 Å². The normalized spacial score (nSPS) is 24.5. The molecule has 2 aliphatic rings. The highest BCUT2D eigenvalue weighted by Crippen LogP contribution is 2.36. The first-order chi connectivity index (χ1) is 13.7. The number of carbonyl (C=O) groups is 1. The summed E-state index contributed by atoms with van der Waals surface area (Å²) in [6.07, 6.45) is 6.30. The largest absolute Gasteiger partial charge is 0.304 e. The molecule has 1 N–H and O–H groups in total. The number of rotatable bonds is 5. The van der Waals surface area contributed by atoms with Gasteiger partial charge in [0.15, 0.2) is 5.78 Å². The Kier molecular flexibility index (Phi) is 4.33. The number of fused-ring (bicyclic) bond motifs is 5. The van der Waals surface area contributed by atoms with Crippen LogP contribution in [-0.4, -0.2) is 22.9 Å². The second-order valence-corrected chi connectivity index (χ2v) is 8.31. The van der Waals surface area contributed by atoms with Gasteiger partial charge < -0.3 is 5.32 Å². The van der Waals surface area contributed by atoms with Crippen LogP contribution in [0.1, 0.15) is 31.2 Å². The predicted octanol–water partition coefficient (Wildman–Crippen LogP) is 4.17. The first-order valence-electron chi connectivity index (χ1n) is 10.2. The Balaban J connectivity index is 1.34. The number of piperidine rings is 1. The average molecular weight is 369 g/mol. The fraction of sp³-hybridized carbons (Fsp3) is 0.375. The van der Waals surface area contributed by atoms with E-state index in [1.807, 2.05) is 24.4 Å². The van der Waals surface area contributed by atoms with Gasteiger partial charge in [0.25, 0.3) is 0 Å². The average Bonchev–Trinajstić information content (AvgIpc) is 3.36. The van der Waals surface area contributed by atoms with Crippen molar-refractivity contribution in [2.75, 3.05) is 0 Å². The van der Waals surface area contributed by atoms with Crippen LogP contribution < -0.4 is 5.32 Å². The second kappa shape index (κ2) is 7.00. The van der Waals surface area contributed by atoms with Crippen LogP contribution in [0.4, 0.5) is 0 Å². The predicted molar refractivity (Wildman–Crippen MR) is 110 cm³/mol. The lowest BCUT2D eigenvalue weighted by Gasteiger charge is -2.22. The number of hydrogen-bond donors (Lipinski definition) is 1. The van der Waals surface area contributed by atoms with E-state index in [9.17, 15) is 10.1 Å². The Hall–Kier alpha value is -2.77. The molecule has 4 heteroatoms. The Labute approximate surface area is 164 Å². The zero-order chi connectivity index (χ0) is 19.1. The number of nitrogens with one attached hydrogen (secondary N) is 1. The maximum atomic E-state index is 12.7. The summed E-state index contributed by atoms with van der Waals surface area (Å²) in [4.78, 5) is 17.3. The molecule has 3 aromatic rings. The molecule has 2 heterocycles. The monoisotopic (exact) mass is 369 g/mol. The van der Waals surface area contributed by atoms with Crippen molar-refractivity contribution >= 4 is 27.5 Å². The molecule has 0 amide bonds. The zero-order valence-corrected chi connectivity index (χ0v) is 15.8. The van der Waals surface area contributed by atoms with E-state index in [1.165, 1.54) is 11.8 Å². The SMILES string of the molecule is N#CC(CC(=O)[C@H]1N[C@@H]2CC[C@H]1C2)Cc1ccc2c(cnc3ccccc32)c1. The molecule has 1 saturated carbocycles. The highest BCUT2D eigenvalue weighted by molar-refractivity contribution is 6.05. The molecule has 1 aromatic heterocycles. The maximum Gasteiger partial charge on any atom is 0.151 e. The molecular weight excluding hydrogens is 346 g/mol. The van der Waals surface area contributed by atoms with Crippen LogP contribution in [0, 0.1) is 23.2 Å². The van der Waals surface area contributed by atoms with Crippen molar-refractivity contribution in [3.63, 3.8) is 0 Å². The molecule has 4 nitrogen and oxygen atoms in total. The number of hydrogen-bond acceptors (Lipinski definition) is 4.